The number of aliphatic imine (C=N–C) groups is 1. The summed E-state index contributed by atoms with van der Waals surface area (Å²) in [5, 5.41) is 2.79. The second-order valence-electron chi connectivity index (χ2n) is 6.64. The van der Waals surface area contributed by atoms with Gasteiger partial charge in [0.2, 0.25) is 5.75 Å². The Hall–Kier alpha value is -1.63. The number of alkyl halides is 3. The zero-order valence-corrected chi connectivity index (χ0v) is 20.0. The molecule has 1 aliphatic rings. The average molecular weight is 546 g/mol. The number of ether oxygens (including phenoxy) is 3. The van der Waals surface area contributed by atoms with Gasteiger partial charge in [-0.05, 0) is 17.7 Å². The number of halogens is 4. The first-order chi connectivity index (χ1) is 13.8. The Morgan fingerprint density at radius 2 is 1.60 bits per heavy atom. The Balaban J connectivity index is 0.00000450. The van der Waals surface area contributed by atoms with Crippen LogP contribution in [0.4, 0.5) is 13.2 Å². The molecular weight excluding hydrogens is 516 g/mol. The first-order valence-corrected chi connectivity index (χ1v) is 9.34. The third-order valence-electron chi connectivity index (χ3n) is 4.71. The van der Waals surface area contributed by atoms with Gasteiger partial charge in [0.1, 0.15) is 0 Å². The van der Waals surface area contributed by atoms with Gasteiger partial charge in [0, 0.05) is 46.3 Å². The first-order valence-electron chi connectivity index (χ1n) is 9.34. The molecule has 1 aromatic carbocycles. The first kappa shape index (κ1) is 26.4. The van der Waals surface area contributed by atoms with Crippen molar-refractivity contribution in [2.75, 3.05) is 61.1 Å². The zero-order chi connectivity index (χ0) is 21.4. The normalized spacial score (nSPS) is 15.4. The molecule has 0 saturated carbocycles. The van der Waals surface area contributed by atoms with E-state index in [1.54, 1.807) is 28.4 Å². The molecule has 1 saturated heterocycles. The molecule has 2 rings (SSSR count). The van der Waals surface area contributed by atoms with Gasteiger partial charge in [-0.1, -0.05) is 0 Å². The van der Waals surface area contributed by atoms with Crippen LogP contribution in [-0.4, -0.2) is 83.0 Å². The number of methoxy groups -OCH3 is 3. The minimum atomic E-state index is -4.18. The van der Waals surface area contributed by atoms with Crippen LogP contribution in [0.1, 0.15) is 12.0 Å². The molecule has 0 unspecified atom stereocenters. The monoisotopic (exact) mass is 546 g/mol. The summed E-state index contributed by atoms with van der Waals surface area (Å²) in [7, 11) is 6.31. The molecule has 7 nitrogen and oxygen atoms in total. The van der Waals surface area contributed by atoms with Gasteiger partial charge < -0.3 is 24.4 Å². The smallest absolute Gasteiger partial charge is 0.390 e. The van der Waals surface area contributed by atoms with Crippen molar-refractivity contribution in [1.29, 1.82) is 0 Å². The number of hydrogen-bond donors (Lipinski definition) is 1. The Labute approximate surface area is 192 Å². The van der Waals surface area contributed by atoms with Crippen LogP contribution in [0.3, 0.4) is 0 Å². The van der Waals surface area contributed by atoms with E-state index in [9.17, 15) is 13.2 Å². The molecule has 1 aliphatic heterocycles. The van der Waals surface area contributed by atoms with E-state index in [0.717, 1.165) is 18.7 Å². The number of piperazine rings is 1. The van der Waals surface area contributed by atoms with Crippen LogP contribution >= 0.6 is 24.0 Å². The SMILES string of the molecule is CN=C(NCCC(F)(F)F)N1CCN(Cc2cc(OC)c(OC)c(OC)c2)CC1.I. The van der Waals surface area contributed by atoms with Gasteiger partial charge in [-0.3, -0.25) is 9.89 Å². The summed E-state index contributed by atoms with van der Waals surface area (Å²) in [5.74, 6) is 2.27. The van der Waals surface area contributed by atoms with Crippen LogP contribution in [0.2, 0.25) is 0 Å². The van der Waals surface area contributed by atoms with Gasteiger partial charge >= 0.3 is 6.18 Å². The number of hydrogen-bond acceptors (Lipinski definition) is 5. The average Bonchev–Trinajstić information content (AvgIpc) is 2.70. The van der Waals surface area contributed by atoms with Crippen LogP contribution in [0.15, 0.2) is 17.1 Å². The predicted molar refractivity (Wildman–Crippen MR) is 120 cm³/mol. The Morgan fingerprint density at radius 3 is 2.03 bits per heavy atom. The lowest BCUT2D eigenvalue weighted by atomic mass is 10.1. The number of benzene rings is 1. The van der Waals surface area contributed by atoms with E-state index in [1.165, 1.54) is 0 Å². The molecule has 0 aromatic heterocycles. The molecule has 0 aliphatic carbocycles. The number of guanidine groups is 1. The maximum atomic E-state index is 12.3. The zero-order valence-electron chi connectivity index (χ0n) is 17.7. The third kappa shape index (κ3) is 7.56. The fourth-order valence-electron chi connectivity index (χ4n) is 3.25. The maximum absolute atomic E-state index is 12.3. The van der Waals surface area contributed by atoms with Crippen LogP contribution in [0, 0.1) is 0 Å². The highest BCUT2D eigenvalue weighted by atomic mass is 127. The lowest BCUT2D eigenvalue weighted by Gasteiger charge is -2.36. The van der Waals surface area contributed by atoms with E-state index in [0.29, 0.717) is 42.8 Å². The van der Waals surface area contributed by atoms with Crippen molar-refractivity contribution in [3.63, 3.8) is 0 Å². The molecule has 1 heterocycles. The fraction of sp³-hybridized carbons (Fsp3) is 0.632. The maximum Gasteiger partial charge on any atom is 0.390 e. The molecule has 0 radical (unpaired) electrons. The van der Waals surface area contributed by atoms with Gasteiger partial charge in [-0.25, -0.2) is 0 Å². The summed E-state index contributed by atoms with van der Waals surface area (Å²) < 4.78 is 53.2. The van der Waals surface area contributed by atoms with E-state index in [2.05, 4.69) is 15.2 Å². The van der Waals surface area contributed by atoms with Crippen molar-refractivity contribution in [3.05, 3.63) is 17.7 Å². The molecular formula is C19H30F3IN4O3. The van der Waals surface area contributed by atoms with Crippen LogP contribution in [0.5, 0.6) is 17.2 Å². The van der Waals surface area contributed by atoms with Gasteiger partial charge in [0.05, 0.1) is 27.8 Å². The van der Waals surface area contributed by atoms with Crippen molar-refractivity contribution in [2.45, 2.75) is 19.1 Å². The van der Waals surface area contributed by atoms with E-state index in [4.69, 9.17) is 14.2 Å². The molecule has 30 heavy (non-hydrogen) atoms. The molecule has 0 atom stereocenters. The Morgan fingerprint density at radius 1 is 1.03 bits per heavy atom. The minimum Gasteiger partial charge on any atom is -0.493 e. The summed E-state index contributed by atoms with van der Waals surface area (Å²) in [4.78, 5) is 8.34. The Bertz CT molecular complexity index is 671. The van der Waals surface area contributed by atoms with E-state index >= 15 is 0 Å². The van der Waals surface area contributed by atoms with Crippen LogP contribution in [-0.2, 0) is 6.54 Å². The van der Waals surface area contributed by atoms with Crippen molar-refractivity contribution in [1.82, 2.24) is 15.1 Å². The second kappa shape index (κ2) is 12.3. The van der Waals surface area contributed by atoms with Gasteiger partial charge in [0.15, 0.2) is 17.5 Å². The third-order valence-corrected chi connectivity index (χ3v) is 4.71. The van der Waals surface area contributed by atoms with Crippen molar-refractivity contribution < 1.29 is 27.4 Å². The van der Waals surface area contributed by atoms with Crippen molar-refractivity contribution in [2.24, 2.45) is 4.99 Å². The number of nitrogens with zero attached hydrogens (tertiary/aromatic N) is 3. The number of nitrogens with one attached hydrogen (secondary N) is 1. The predicted octanol–water partition coefficient (Wildman–Crippen LogP) is 2.98. The highest BCUT2D eigenvalue weighted by molar-refractivity contribution is 14.0. The molecule has 11 heteroatoms. The van der Waals surface area contributed by atoms with Crippen molar-refractivity contribution >= 4 is 29.9 Å². The lowest BCUT2D eigenvalue weighted by molar-refractivity contribution is -0.132. The molecule has 1 fully saturated rings. The molecule has 1 aromatic rings. The summed E-state index contributed by atoms with van der Waals surface area (Å²) in [6.07, 6.45) is -5.06. The summed E-state index contributed by atoms with van der Waals surface area (Å²) in [5.41, 5.74) is 1.03. The quantitative estimate of drug-likeness (QED) is 0.323. The summed E-state index contributed by atoms with van der Waals surface area (Å²) in [6.45, 7) is 3.39. The summed E-state index contributed by atoms with van der Waals surface area (Å²) in [6, 6.07) is 3.84. The summed E-state index contributed by atoms with van der Waals surface area (Å²) >= 11 is 0. The second-order valence-corrected chi connectivity index (χ2v) is 6.64. The van der Waals surface area contributed by atoms with E-state index in [-0.39, 0.29) is 30.5 Å². The standard InChI is InChI=1S/C19H29F3N4O3.HI/c1-23-18(24-6-5-19(20,21)22)26-9-7-25(8-10-26)13-14-11-15(27-2)17(29-4)16(12-14)28-3;/h11-12H,5-10,13H2,1-4H3,(H,23,24);1H. The largest absolute Gasteiger partial charge is 0.493 e. The molecule has 172 valence electrons. The van der Waals surface area contributed by atoms with E-state index < -0.39 is 12.6 Å². The molecule has 0 spiro atoms. The van der Waals surface area contributed by atoms with Crippen LogP contribution < -0.4 is 19.5 Å². The number of rotatable bonds is 7. The highest BCUT2D eigenvalue weighted by Gasteiger charge is 2.27. The Kier molecular flexibility index (Phi) is 10.8. The topological polar surface area (TPSA) is 58.6 Å². The fourth-order valence-corrected chi connectivity index (χ4v) is 3.25. The van der Waals surface area contributed by atoms with Gasteiger partial charge in [-0.2, -0.15) is 13.2 Å². The van der Waals surface area contributed by atoms with Gasteiger partial charge in [-0.15, -0.1) is 24.0 Å². The molecule has 0 amide bonds. The van der Waals surface area contributed by atoms with Gasteiger partial charge in [0.25, 0.3) is 0 Å². The lowest BCUT2D eigenvalue weighted by Crippen LogP contribution is -2.52. The highest BCUT2D eigenvalue weighted by Crippen LogP contribution is 2.38. The van der Waals surface area contributed by atoms with E-state index in [1.807, 2.05) is 17.0 Å². The van der Waals surface area contributed by atoms with Crippen molar-refractivity contribution in [3.8, 4) is 17.2 Å². The minimum absolute atomic E-state index is 0. The molecule has 0 bridgehead atoms. The molecule has 1 N–H and O–H groups in total. The van der Waals surface area contributed by atoms with Crippen LogP contribution in [0.25, 0.3) is 0 Å².